The van der Waals surface area contributed by atoms with Gasteiger partial charge in [-0.25, -0.2) is 9.97 Å². The molecule has 2 saturated heterocycles. The van der Waals surface area contributed by atoms with Gasteiger partial charge in [0.2, 0.25) is 5.95 Å². The fourth-order valence-corrected chi connectivity index (χ4v) is 4.86. The second kappa shape index (κ2) is 10.2. The largest absolute Gasteiger partial charge is 0.472 e. The molecule has 8 nitrogen and oxygen atoms in total. The van der Waals surface area contributed by atoms with E-state index in [0.717, 1.165) is 61.9 Å². The zero-order valence-corrected chi connectivity index (χ0v) is 19.4. The fourth-order valence-electron chi connectivity index (χ4n) is 4.20. The standard InChI is InChI=1S/C25H25N5O3S/c31-23-22(34-25(32)29-23)13-21-4-8-27-24(28-21)30-9-5-17(6-10-30)14-26-15-18-2-1-3-19(12-18)20-7-11-33-16-20/h1-4,7-8,11-13,16-17,26H,5-6,9-10,14-15H2,(H,29,31,32)/b22-13-. The van der Waals surface area contributed by atoms with Crippen LogP contribution in [0.15, 0.2) is 64.4 Å². The van der Waals surface area contributed by atoms with Gasteiger partial charge in [0, 0.05) is 31.4 Å². The predicted molar refractivity (Wildman–Crippen MR) is 132 cm³/mol. The Morgan fingerprint density at radius 3 is 2.82 bits per heavy atom. The van der Waals surface area contributed by atoms with E-state index in [0.29, 0.717) is 22.5 Å². The van der Waals surface area contributed by atoms with Crippen LogP contribution in [0.2, 0.25) is 0 Å². The molecule has 5 rings (SSSR count). The van der Waals surface area contributed by atoms with Gasteiger partial charge in [0.1, 0.15) is 0 Å². The van der Waals surface area contributed by atoms with E-state index < -0.39 is 0 Å². The summed E-state index contributed by atoms with van der Waals surface area (Å²) in [6, 6.07) is 12.2. The number of thioether (sulfide) groups is 1. The minimum Gasteiger partial charge on any atom is -0.472 e. The van der Waals surface area contributed by atoms with Gasteiger partial charge in [-0.3, -0.25) is 14.9 Å². The Morgan fingerprint density at radius 1 is 1.18 bits per heavy atom. The number of anilines is 1. The molecule has 0 unspecified atom stereocenters. The van der Waals surface area contributed by atoms with Crippen molar-refractivity contribution in [1.82, 2.24) is 20.6 Å². The maximum atomic E-state index is 11.8. The molecule has 2 aliphatic heterocycles. The third-order valence-electron chi connectivity index (χ3n) is 6.03. The number of benzene rings is 1. The van der Waals surface area contributed by atoms with Gasteiger partial charge in [0.05, 0.1) is 23.1 Å². The Bertz CT molecular complexity index is 1200. The van der Waals surface area contributed by atoms with Gasteiger partial charge in [-0.15, -0.1) is 0 Å². The first kappa shape index (κ1) is 22.4. The first-order valence-corrected chi connectivity index (χ1v) is 12.1. The molecule has 0 aliphatic carbocycles. The van der Waals surface area contributed by atoms with E-state index >= 15 is 0 Å². The van der Waals surface area contributed by atoms with Gasteiger partial charge < -0.3 is 14.6 Å². The number of piperidine rings is 1. The number of imide groups is 1. The summed E-state index contributed by atoms with van der Waals surface area (Å²) in [6.07, 6.45) is 8.91. The normalized spacial score (nSPS) is 18.0. The van der Waals surface area contributed by atoms with Crippen LogP contribution in [-0.4, -0.2) is 40.7 Å². The topological polar surface area (TPSA) is 100 Å². The second-order valence-corrected chi connectivity index (χ2v) is 9.42. The summed E-state index contributed by atoms with van der Waals surface area (Å²) >= 11 is 0.892. The molecule has 2 N–H and O–H groups in total. The number of hydrogen-bond acceptors (Lipinski definition) is 8. The van der Waals surface area contributed by atoms with Crippen LogP contribution in [0.5, 0.6) is 0 Å². The summed E-state index contributed by atoms with van der Waals surface area (Å²) in [5.74, 6) is 0.881. The number of hydrogen-bond donors (Lipinski definition) is 2. The van der Waals surface area contributed by atoms with Crippen LogP contribution in [0.25, 0.3) is 17.2 Å². The lowest BCUT2D eigenvalue weighted by molar-refractivity contribution is -0.115. The van der Waals surface area contributed by atoms with Crippen LogP contribution in [0.4, 0.5) is 10.7 Å². The molecule has 4 heterocycles. The Labute approximate surface area is 201 Å². The average molecular weight is 476 g/mol. The van der Waals surface area contributed by atoms with Crippen molar-refractivity contribution in [2.45, 2.75) is 19.4 Å². The quantitative estimate of drug-likeness (QED) is 0.494. The Hall–Kier alpha value is -3.43. The SMILES string of the molecule is O=C1NC(=O)/C(=C/c2ccnc(N3CCC(CNCc4cccc(-c5ccoc5)c4)CC3)n2)S1. The Morgan fingerprint density at radius 2 is 2.06 bits per heavy atom. The molecule has 2 aliphatic rings. The number of nitrogens with zero attached hydrogens (tertiary/aromatic N) is 3. The van der Waals surface area contributed by atoms with Crippen molar-refractivity contribution in [2.24, 2.45) is 5.92 Å². The van der Waals surface area contributed by atoms with Gasteiger partial charge in [-0.05, 0) is 72.5 Å². The van der Waals surface area contributed by atoms with Crippen LogP contribution < -0.4 is 15.5 Å². The number of carbonyl (C=O) groups excluding carboxylic acids is 2. The van der Waals surface area contributed by atoms with Gasteiger partial charge in [-0.2, -0.15) is 0 Å². The van der Waals surface area contributed by atoms with Crippen molar-refractivity contribution in [1.29, 1.82) is 0 Å². The first-order valence-electron chi connectivity index (χ1n) is 11.3. The minimum atomic E-state index is -0.378. The third-order valence-corrected chi connectivity index (χ3v) is 6.84. The van der Waals surface area contributed by atoms with Gasteiger partial charge in [-0.1, -0.05) is 18.2 Å². The predicted octanol–water partition coefficient (Wildman–Crippen LogP) is 4.07. The average Bonchev–Trinajstić information content (AvgIpc) is 3.50. The van der Waals surface area contributed by atoms with Crippen LogP contribution >= 0.6 is 11.8 Å². The lowest BCUT2D eigenvalue weighted by atomic mass is 9.97. The van der Waals surface area contributed by atoms with Gasteiger partial charge in [0.25, 0.3) is 11.1 Å². The summed E-state index contributed by atoms with van der Waals surface area (Å²) in [5.41, 5.74) is 4.14. The van der Waals surface area contributed by atoms with Crippen LogP contribution in [0.1, 0.15) is 24.1 Å². The van der Waals surface area contributed by atoms with Gasteiger partial charge in [0.15, 0.2) is 0 Å². The summed E-state index contributed by atoms with van der Waals surface area (Å²) in [4.78, 5) is 34.7. The molecule has 174 valence electrons. The molecular formula is C25H25N5O3S. The molecule has 2 fully saturated rings. The van der Waals surface area contributed by atoms with E-state index in [-0.39, 0.29) is 11.1 Å². The highest BCUT2D eigenvalue weighted by Gasteiger charge is 2.25. The lowest BCUT2D eigenvalue weighted by Crippen LogP contribution is -2.38. The number of furan rings is 1. The molecule has 9 heteroatoms. The lowest BCUT2D eigenvalue weighted by Gasteiger charge is -2.32. The van der Waals surface area contributed by atoms with Crippen molar-refractivity contribution in [3.05, 3.63) is 71.3 Å². The van der Waals surface area contributed by atoms with E-state index in [1.54, 1.807) is 30.9 Å². The van der Waals surface area contributed by atoms with E-state index in [4.69, 9.17) is 4.42 Å². The fraction of sp³-hybridized carbons (Fsp3) is 0.280. The van der Waals surface area contributed by atoms with Crippen LogP contribution in [-0.2, 0) is 11.3 Å². The Kier molecular flexibility index (Phi) is 6.73. The molecule has 0 bridgehead atoms. The van der Waals surface area contributed by atoms with Crippen molar-refractivity contribution in [3.63, 3.8) is 0 Å². The molecule has 34 heavy (non-hydrogen) atoms. The molecule has 2 amide bonds. The molecule has 0 spiro atoms. The number of nitrogens with one attached hydrogen (secondary N) is 2. The van der Waals surface area contributed by atoms with Crippen molar-refractivity contribution >= 4 is 34.9 Å². The molecule has 0 atom stereocenters. The number of aromatic nitrogens is 2. The van der Waals surface area contributed by atoms with Gasteiger partial charge >= 0.3 is 0 Å². The Balaban J connectivity index is 1.11. The van der Waals surface area contributed by atoms with Crippen molar-refractivity contribution in [3.8, 4) is 11.1 Å². The zero-order chi connectivity index (χ0) is 23.3. The third kappa shape index (κ3) is 5.37. The molecule has 2 aromatic heterocycles. The molecular weight excluding hydrogens is 450 g/mol. The number of rotatable bonds is 7. The maximum absolute atomic E-state index is 11.8. The van der Waals surface area contributed by atoms with E-state index in [1.165, 1.54) is 5.56 Å². The summed E-state index contributed by atoms with van der Waals surface area (Å²) < 4.78 is 5.19. The van der Waals surface area contributed by atoms with Crippen LogP contribution in [0, 0.1) is 5.92 Å². The summed E-state index contributed by atoms with van der Waals surface area (Å²) in [6.45, 7) is 3.57. The monoisotopic (exact) mass is 475 g/mol. The number of amides is 2. The molecule has 3 aromatic rings. The smallest absolute Gasteiger partial charge is 0.290 e. The first-order chi connectivity index (χ1) is 16.6. The minimum absolute atomic E-state index is 0.355. The number of carbonyl (C=O) groups is 2. The summed E-state index contributed by atoms with van der Waals surface area (Å²) in [7, 11) is 0. The molecule has 0 radical (unpaired) electrons. The highest BCUT2D eigenvalue weighted by Crippen LogP contribution is 2.26. The highest BCUT2D eigenvalue weighted by atomic mass is 32.2. The zero-order valence-electron chi connectivity index (χ0n) is 18.6. The maximum Gasteiger partial charge on any atom is 0.290 e. The highest BCUT2D eigenvalue weighted by molar-refractivity contribution is 8.18. The van der Waals surface area contributed by atoms with Crippen molar-refractivity contribution in [2.75, 3.05) is 24.5 Å². The second-order valence-electron chi connectivity index (χ2n) is 8.41. The summed E-state index contributed by atoms with van der Waals surface area (Å²) in [5, 5.41) is 5.51. The molecule has 1 aromatic carbocycles. The van der Waals surface area contributed by atoms with Crippen LogP contribution in [0.3, 0.4) is 0 Å². The molecule has 0 saturated carbocycles. The van der Waals surface area contributed by atoms with Crippen molar-refractivity contribution < 1.29 is 14.0 Å². The van der Waals surface area contributed by atoms with E-state index in [1.807, 2.05) is 6.07 Å². The van der Waals surface area contributed by atoms with E-state index in [9.17, 15) is 9.59 Å². The van der Waals surface area contributed by atoms with E-state index in [2.05, 4.69) is 49.8 Å².